The van der Waals surface area contributed by atoms with Crippen LogP contribution in [0.25, 0.3) is 0 Å². The molecule has 0 atom stereocenters. The van der Waals surface area contributed by atoms with Gasteiger partial charge in [-0.05, 0) is 45.0 Å². The van der Waals surface area contributed by atoms with Crippen molar-refractivity contribution in [3.63, 3.8) is 0 Å². The number of aryl methyl sites for hydroxylation is 1. The number of amides is 1. The molecule has 1 aliphatic heterocycles. The minimum Gasteiger partial charge on any atom is -0.478 e. The number of ether oxygens (including phenoxy) is 2. The van der Waals surface area contributed by atoms with Crippen molar-refractivity contribution < 1.29 is 14.3 Å². The van der Waals surface area contributed by atoms with E-state index >= 15 is 0 Å². The van der Waals surface area contributed by atoms with Gasteiger partial charge in [0.25, 0.3) is 5.91 Å². The summed E-state index contributed by atoms with van der Waals surface area (Å²) in [6.07, 6.45) is 3.24. The summed E-state index contributed by atoms with van der Waals surface area (Å²) in [4.78, 5) is 23.1. The van der Waals surface area contributed by atoms with Gasteiger partial charge in [0.05, 0.1) is 0 Å². The zero-order valence-electron chi connectivity index (χ0n) is 15.8. The Bertz CT molecular complexity index is 787. The number of piperidine rings is 1. The number of hydrogen-bond donors (Lipinski definition) is 0. The highest BCUT2D eigenvalue weighted by molar-refractivity contribution is 6.30. The number of benzene rings is 1. The van der Waals surface area contributed by atoms with E-state index in [1.54, 1.807) is 50.4 Å². The van der Waals surface area contributed by atoms with E-state index in [2.05, 4.69) is 9.97 Å². The third-order valence-corrected chi connectivity index (χ3v) is 4.72. The molecule has 2 heterocycles. The van der Waals surface area contributed by atoms with Crippen LogP contribution in [0.4, 0.5) is 0 Å². The number of likely N-dealkylation sites (tertiary alicyclic amines) is 1. The minimum atomic E-state index is -0.953. The van der Waals surface area contributed by atoms with Crippen LogP contribution in [0.1, 0.15) is 32.5 Å². The van der Waals surface area contributed by atoms with Gasteiger partial charge in [-0.3, -0.25) is 4.79 Å². The predicted molar refractivity (Wildman–Crippen MR) is 103 cm³/mol. The zero-order valence-corrected chi connectivity index (χ0v) is 16.6. The number of nitrogens with zero attached hydrogens (tertiary/aromatic N) is 3. The topological polar surface area (TPSA) is 64.5 Å². The molecule has 0 saturated carbocycles. The van der Waals surface area contributed by atoms with Crippen LogP contribution in [0.15, 0.2) is 36.5 Å². The number of aromatic nitrogens is 2. The standard InChI is InChI=1S/C20H24ClN3O3/c1-14-22-11-8-18(23-14)26-16-9-12-24(13-10-16)19(25)20(2,3)27-17-6-4-15(21)5-7-17/h4-8,11,16H,9-10,12-13H2,1-3H3. The molecule has 7 heteroatoms. The molecule has 144 valence electrons. The quantitative estimate of drug-likeness (QED) is 0.780. The molecular weight excluding hydrogens is 366 g/mol. The third kappa shape index (κ3) is 5.10. The van der Waals surface area contributed by atoms with Crippen molar-refractivity contribution in [1.29, 1.82) is 0 Å². The van der Waals surface area contributed by atoms with Crippen molar-refractivity contribution in [2.45, 2.75) is 45.3 Å². The van der Waals surface area contributed by atoms with Crippen molar-refractivity contribution in [3.8, 4) is 11.6 Å². The van der Waals surface area contributed by atoms with Gasteiger partial charge in [0.1, 0.15) is 17.7 Å². The largest absolute Gasteiger partial charge is 0.478 e. The Morgan fingerprint density at radius 2 is 1.85 bits per heavy atom. The monoisotopic (exact) mass is 389 g/mol. The summed E-state index contributed by atoms with van der Waals surface area (Å²) in [5, 5.41) is 0.632. The van der Waals surface area contributed by atoms with E-state index in [1.807, 2.05) is 11.8 Å². The van der Waals surface area contributed by atoms with Gasteiger partial charge in [-0.15, -0.1) is 0 Å². The molecule has 1 aliphatic rings. The fourth-order valence-corrected chi connectivity index (χ4v) is 3.20. The van der Waals surface area contributed by atoms with E-state index < -0.39 is 5.60 Å². The molecule has 0 aliphatic carbocycles. The third-order valence-electron chi connectivity index (χ3n) is 4.47. The van der Waals surface area contributed by atoms with Crippen molar-refractivity contribution in [2.24, 2.45) is 0 Å². The summed E-state index contributed by atoms with van der Waals surface area (Å²) < 4.78 is 11.8. The Labute approximate surface area is 164 Å². The number of carbonyl (C=O) groups is 1. The zero-order chi connectivity index (χ0) is 19.4. The summed E-state index contributed by atoms with van der Waals surface area (Å²) in [6, 6.07) is 8.78. The van der Waals surface area contributed by atoms with Gasteiger partial charge in [0, 0.05) is 43.2 Å². The average Bonchev–Trinajstić information content (AvgIpc) is 2.63. The first-order chi connectivity index (χ1) is 12.8. The highest BCUT2D eigenvalue weighted by atomic mass is 35.5. The van der Waals surface area contributed by atoms with Crippen LogP contribution in [-0.2, 0) is 4.79 Å². The van der Waals surface area contributed by atoms with E-state index in [0.29, 0.717) is 35.6 Å². The molecule has 2 aromatic rings. The van der Waals surface area contributed by atoms with E-state index in [-0.39, 0.29) is 12.0 Å². The van der Waals surface area contributed by atoms with Gasteiger partial charge in [-0.25, -0.2) is 4.98 Å². The van der Waals surface area contributed by atoms with Crippen LogP contribution in [0, 0.1) is 6.92 Å². The van der Waals surface area contributed by atoms with E-state index in [1.165, 1.54) is 0 Å². The van der Waals surface area contributed by atoms with Gasteiger partial charge < -0.3 is 14.4 Å². The smallest absolute Gasteiger partial charge is 0.266 e. The molecule has 1 amide bonds. The molecule has 1 fully saturated rings. The first-order valence-electron chi connectivity index (χ1n) is 9.04. The molecule has 27 heavy (non-hydrogen) atoms. The lowest BCUT2D eigenvalue weighted by molar-refractivity contribution is -0.147. The van der Waals surface area contributed by atoms with Crippen molar-refractivity contribution in [1.82, 2.24) is 14.9 Å². The summed E-state index contributed by atoms with van der Waals surface area (Å²) in [6.45, 7) is 6.66. The molecule has 1 aromatic carbocycles. The fraction of sp³-hybridized carbons (Fsp3) is 0.450. The van der Waals surface area contributed by atoms with Crippen LogP contribution in [0.2, 0.25) is 5.02 Å². The number of halogens is 1. The number of rotatable bonds is 5. The highest BCUT2D eigenvalue weighted by Crippen LogP contribution is 2.24. The molecule has 1 saturated heterocycles. The van der Waals surface area contributed by atoms with Crippen LogP contribution in [0.5, 0.6) is 11.6 Å². The Hall–Kier alpha value is -2.34. The van der Waals surface area contributed by atoms with Gasteiger partial charge in [-0.2, -0.15) is 4.98 Å². The lowest BCUT2D eigenvalue weighted by atomic mass is 10.0. The van der Waals surface area contributed by atoms with Gasteiger partial charge in [0.15, 0.2) is 5.60 Å². The minimum absolute atomic E-state index is 0.0335. The molecule has 0 radical (unpaired) electrons. The van der Waals surface area contributed by atoms with Gasteiger partial charge >= 0.3 is 0 Å². The van der Waals surface area contributed by atoms with E-state index in [0.717, 1.165) is 12.8 Å². The fourth-order valence-electron chi connectivity index (χ4n) is 3.07. The molecule has 0 spiro atoms. The van der Waals surface area contributed by atoms with Crippen LogP contribution in [0.3, 0.4) is 0 Å². The van der Waals surface area contributed by atoms with Crippen LogP contribution < -0.4 is 9.47 Å². The Morgan fingerprint density at radius 3 is 2.48 bits per heavy atom. The second-order valence-electron chi connectivity index (χ2n) is 7.12. The maximum Gasteiger partial charge on any atom is 0.266 e. The van der Waals surface area contributed by atoms with Crippen LogP contribution in [-0.4, -0.2) is 45.6 Å². The average molecular weight is 390 g/mol. The SMILES string of the molecule is Cc1nccc(OC2CCN(C(=O)C(C)(C)Oc3ccc(Cl)cc3)CC2)n1. The maximum absolute atomic E-state index is 12.9. The predicted octanol–water partition coefficient (Wildman–Crippen LogP) is 3.67. The maximum atomic E-state index is 12.9. The Morgan fingerprint density at radius 1 is 1.19 bits per heavy atom. The summed E-state index contributed by atoms with van der Waals surface area (Å²) >= 11 is 5.90. The molecule has 1 aromatic heterocycles. The van der Waals surface area contributed by atoms with Crippen molar-refractivity contribution in [2.75, 3.05) is 13.1 Å². The lowest BCUT2D eigenvalue weighted by Crippen LogP contribution is -2.52. The summed E-state index contributed by atoms with van der Waals surface area (Å²) in [7, 11) is 0. The Kier molecular flexibility index (Phi) is 5.85. The lowest BCUT2D eigenvalue weighted by Gasteiger charge is -2.36. The normalized spacial score (nSPS) is 15.5. The van der Waals surface area contributed by atoms with E-state index in [9.17, 15) is 4.79 Å². The molecule has 3 rings (SSSR count). The van der Waals surface area contributed by atoms with Crippen LogP contribution >= 0.6 is 11.6 Å². The molecule has 0 bridgehead atoms. The first-order valence-corrected chi connectivity index (χ1v) is 9.41. The molecule has 0 unspecified atom stereocenters. The highest BCUT2D eigenvalue weighted by Gasteiger charge is 2.36. The molecular formula is C20H24ClN3O3. The number of carbonyl (C=O) groups excluding carboxylic acids is 1. The van der Waals surface area contributed by atoms with Gasteiger partial charge in [0.2, 0.25) is 5.88 Å². The van der Waals surface area contributed by atoms with E-state index in [4.69, 9.17) is 21.1 Å². The first kappa shape index (κ1) is 19.4. The van der Waals surface area contributed by atoms with Gasteiger partial charge in [-0.1, -0.05) is 11.6 Å². The molecule has 0 N–H and O–H groups in total. The molecule has 6 nitrogen and oxygen atoms in total. The number of hydrogen-bond acceptors (Lipinski definition) is 5. The summed E-state index contributed by atoms with van der Waals surface area (Å²) in [5.41, 5.74) is -0.953. The van der Waals surface area contributed by atoms with Crippen molar-refractivity contribution >= 4 is 17.5 Å². The second-order valence-corrected chi connectivity index (χ2v) is 7.55. The Balaban J connectivity index is 1.54. The summed E-state index contributed by atoms with van der Waals surface area (Å²) in [5.74, 6) is 1.85. The second kappa shape index (κ2) is 8.13. The van der Waals surface area contributed by atoms with Crippen molar-refractivity contribution in [3.05, 3.63) is 47.4 Å².